The first-order chi connectivity index (χ1) is 10.0. The maximum Gasteiger partial charge on any atom is 0.128 e. The predicted molar refractivity (Wildman–Crippen MR) is 83.8 cm³/mol. The van der Waals surface area contributed by atoms with Crippen LogP contribution in [0.15, 0.2) is 36.4 Å². The Morgan fingerprint density at radius 2 is 1.95 bits per heavy atom. The lowest BCUT2D eigenvalue weighted by atomic mass is 10.1. The van der Waals surface area contributed by atoms with Crippen molar-refractivity contribution in [3.63, 3.8) is 0 Å². The largest absolute Gasteiger partial charge is 0.352 e. The molecule has 3 rings (SSSR count). The number of benzene rings is 2. The Balaban J connectivity index is 1.72. The summed E-state index contributed by atoms with van der Waals surface area (Å²) in [5.74, 6) is 0.0654. The molecule has 0 aliphatic carbocycles. The third kappa shape index (κ3) is 2.89. The van der Waals surface area contributed by atoms with Gasteiger partial charge in [-0.1, -0.05) is 35.3 Å². The molecular formula is C16H13Cl2FN2. The molecule has 1 aliphatic heterocycles. The second-order valence-electron chi connectivity index (χ2n) is 5.06. The molecule has 2 nitrogen and oxygen atoms in total. The van der Waals surface area contributed by atoms with E-state index in [0.717, 1.165) is 17.5 Å². The summed E-state index contributed by atoms with van der Waals surface area (Å²) in [5.41, 5.74) is 2.66. The second-order valence-corrected chi connectivity index (χ2v) is 5.90. The van der Waals surface area contributed by atoms with Gasteiger partial charge in [0.05, 0.1) is 0 Å². The zero-order valence-corrected chi connectivity index (χ0v) is 12.7. The molecule has 108 valence electrons. The van der Waals surface area contributed by atoms with Gasteiger partial charge in [0, 0.05) is 28.7 Å². The Hall–Kier alpha value is -1.58. The molecular weight excluding hydrogens is 310 g/mol. The van der Waals surface area contributed by atoms with E-state index in [9.17, 15) is 4.39 Å². The maximum absolute atomic E-state index is 13.3. The summed E-state index contributed by atoms with van der Waals surface area (Å²) in [5, 5.41) is 9.39. The van der Waals surface area contributed by atoms with Crippen LogP contribution in [0, 0.1) is 11.2 Å². The van der Waals surface area contributed by atoms with Crippen molar-refractivity contribution in [1.29, 1.82) is 5.41 Å². The fourth-order valence-corrected chi connectivity index (χ4v) is 3.04. The van der Waals surface area contributed by atoms with Gasteiger partial charge >= 0.3 is 0 Å². The van der Waals surface area contributed by atoms with Gasteiger partial charge in [0.2, 0.25) is 0 Å². The first kappa shape index (κ1) is 14.4. The van der Waals surface area contributed by atoms with Gasteiger partial charge < -0.3 is 4.90 Å². The van der Waals surface area contributed by atoms with Crippen molar-refractivity contribution in [2.45, 2.75) is 13.0 Å². The Labute approximate surface area is 132 Å². The van der Waals surface area contributed by atoms with E-state index in [1.807, 2.05) is 17.0 Å². The summed E-state index contributed by atoms with van der Waals surface area (Å²) in [6.07, 6.45) is 0.717. The number of amidine groups is 1. The fraction of sp³-hybridized carbons (Fsp3) is 0.188. The van der Waals surface area contributed by atoms with Crippen LogP contribution in [-0.2, 0) is 13.0 Å². The monoisotopic (exact) mass is 322 g/mol. The summed E-state index contributed by atoms with van der Waals surface area (Å²) in [6.45, 7) is 1.30. The molecule has 0 saturated carbocycles. The van der Waals surface area contributed by atoms with Crippen molar-refractivity contribution in [2.75, 3.05) is 6.54 Å². The van der Waals surface area contributed by atoms with Crippen molar-refractivity contribution in [2.24, 2.45) is 0 Å². The summed E-state index contributed by atoms with van der Waals surface area (Å²) in [6, 6.07) is 10.0. The number of hydrogen-bond donors (Lipinski definition) is 1. The van der Waals surface area contributed by atoms with E-state index in [1.165, 1.54) is 12.1 Å². The van der Waals surface area contributed by atoms with Crippen LogP contribution in [0.1, 0.15) is 16.7 Å². The minimum absolute atomic E-state index is 0.305. The van der Waals surface area contributed by atoms with Gasteiger partial charge in [0.1, 0.15) is 11.7 Å². The minimum Gasteiger partial charge on any atom is -0.352 e. The number of nitrogens with one attached hydrogen (secondary N) is 1. The molecule has 0 bridgehead atoms. The summed E-state index contributed by atoms with van der Waals surface area (Å²) < 4.78 is 13.3. The number of rotatable bonds is 3. The van der Waals surface area contributed by atoms with Crippen molar-refractivity contribution >= 4 is 29.0 Å². The van der Waals surface area contributed by atoms with Gasteiger partial charge in [0.15, 0.2) is 0 Å². The Kier molecular flexibility index (Phi) is 3.87. The van der Waals surface area contributed by atoms with Gasteiger partial charge in [-0.05, 0) is 41.8 Å². The van der Waals surface area contributed by atoms with Crippen LogP contribution < -0.4 is 0 Å². The first-order valence-electron chi connectivity index (χ1n) is 6.61. The minimum atomic E-state index is -0.305. The van der Waals surface area contributed by atoms with E-state index in [4.69, 9.17) is 28.6 Å². The van der Waals surface area contributed by atoms with Crippen LogP contribution in [0.3, 0.4) is 0 Å². The molecule has 0 amide bonds. The molecule has 0 spiro atoms. The molecule has 0 radical (unpaired) electrons. The number of halogens is 3. The molecule has 2 aromatic carbocycles. The lowest BCUT2D eigenvalue weighted by molar-refractivity contribution is 0.432. The summed E-state index contributed by atoms with van der Waals surface area (Å²) >= 11 is 12.0. The number of nitrogens with zero attached hydrogens (tertiary/aromatic N) is 1. The lowest BCUT2D eigenvalue weighted by Crippen LogP contribution is -2.26. The first-order valence-corrected chi connectivity index (χ1v) is 7.36. The van der Waals surface area contributed by atoms with Crippen molar-refractivity contribution in [3.05, 3.63) is 69.0 Å². The third-order valence-electron chi connectivity index (χ3n) is 3.67. The average Bonchev–Trinajstić information content (AvgIpc) is 2.75. The summed E-state index contributed by atoms with van der Waals surface area (Å²) in [7, 11) is 0. The normalized spacial score (nSPS) is 13.7. The summed E-state index contributed by atoms with van der Waals surface area (Å²) in [4.78, 5) is 1.93. The zero-order chi connectivity index (χ0) is 15.0. The van der Waals surface area contributed by atoms with Gasteiger partial charge in [-0.15, -0.1) is 0 Å². The topological polar surface area (TPSA) is 27.1 Å². The zero-order valence-electron chi connectivity index (χ0n) is 11.2. The Morgan fingerprint density at radius 1 is 1.14 bits per heavy atom. The molecule has 0 fully saturated rings. The highest BCUT2D eigenvalue weighted by atomic mass is 35.5. The van der Waals surface area contributed by atoms with E-state index < -0.39 is 0 Å². The van der Waals surface area contributed by atoms with Crippen LogP contribution in [-0.4, -0.2) is 17.3 Å². The smallest absolute Gasteiger partial charge is 0.128 e. The van der Waals surface area contributed by atoms with Crippen LogP contribution in [0.5, 0.6) is 0 Å². The maximum atomic E-state index is 13.3. The van der Waals surface area contributed by atoms with E-state index in [0.29, 0.717) is 34.5 Å². The standard InChI is InChI=1S/C16H13Cl2FN2/c17-12-3-1-10(15(18)7-12)5-6-21-9-11-2-4-13(19)8-14(11)16(21)20/h1-4,7-8,20H,5-6,9H2. The van der Waals surface area contributed by atoms with Crippen LogP contribution >= 0.6 is 23.2 Å². The van der Waals surface area contributed by atoms with E-state index in [1.54, 1.807) is 12.1 Å². The molecule has 0 unspecified atom stereocenters. The van der Waals surface area contributed by atoms with Gasteiger partial charge in [-0.3, -0.25) is 5.41 Å². The van der Waals surface area contributed by atoms with Crippen LogP contribution in [0.25, 0.3) is 0 Å². The van der Waals surface area contributed by atoms with E-state index >= 15 is 0 Å². The van der Waals surface area contributed by atoms with Gasteiger partial charge in [0.25, 0.3) is 0 Å². The third-order valence-corrected chi connectivity index (χ3v) is 4.26. The number of hydrogen-bond acceptors (Lipinski definition) is 1. The lowest BCUT2D eigenvalue weighted by Gasteiger charge is -2.18. The molecule has 0 saturated heterocycles. The Bertz CT molecular complexity index is 715. The highest BCUT2D eigenvalue weighted by molar-refractivity contribution is 6.35. The predicted octanol–water partition coefficient (Wildman–Crippen LogP) is 4.52. The molecule has 1 heterocycles. The molecule has 1 N–H and O–H groups in total. The highest BCUT2D eigenvalue weighted by Gasteiger charge is 2.24. The van der Waals surface area contributed by atoms with E-state index in [-0.39, 0.29) is 5.82 Å². The average molecular weight is 323 g/mol. The SMILES string of the molecule is N=C1c2cc(F)ccc2CN1CCc1ccc(Cl)cc1Cl. The quantitative estimate of drug-likeness (QED) is 0.884. The molecule has 5 heteroatoms. The highest BCUT2D eigenvalue weighted by Crippen LogP contribution is 2.25. The molecule has 1 aliphatic rings. The van der Waals surface area contributed by atoms with Crippen LogP contribution in [0.4, 0.5) is 4.39 Å². The molecule has 0 aromatic heterocycles. The van der Waals surface area contributed by atoms with Crippen LogP contribution in [0.2, 0.25) is 10.0 Å². The second kappa shape index (κ2) is 5.66. The van der Waals surface area contributed by atoms with Crippen molar-refractivity contribution in [1.82, 2.24) is 4.90 Å². The van der Waals surface area contributed by atoms with Gasteiger partial charge in [-0.2, -0.15) is 0 Å². The Morgan fingerprint density at radius 3 is 2.71 bits per heavy atom. The molecule has 2 aromatic rings. The van der Waals surface area contributed by atoms with Crippen molar-refractivity contribution in [3.8, 4) is 0 Å². The van der Waals surface area contributed by atoms with E-state index in [2.05, 4.69) is 0 Å². The number of fused-ring (bicyclic) bond motifs is 1. The molecule has 21 heavy (non-hydrogen) atoms. The molecule has 0 atom stereocenters. The van der Waals surface area contributed by atoms with Crippen molar-refractivity contribution < 1.29 is 4.39 Å². The van der Waals surface area contributed by atoms with Gasteiger partial charge in [-0.25, -0.2) is 4.39 Å². The fourth-order valence-electron chi connectivity index (χ4n) is 2.53.